The number of carbonyl (C=O) groups is 1. The first-order valence-electron chi connectivity index (χ1n) is 5.77. The minimum Gasteiger partial charge on any atom is -0.437 e. The normalized spacial score (nSPS) is 10.6. The number of hydrogen-bond acceptors (Lipinski definition) is 4. The van der Waals surface area contributed by atoms with Crippen LogP contribution in [0.25, 0.3) is 0 Å². The fourth-order valence-corrected chi connectivity index (χ4v) is 2.29. The van der Waals surface area contributed by atoms with Crippen molar-refractivity contribution in [2.45, 2.75) is 25.5 Å². The SMILES string of the molecule is Cc1nc(SCC(=O)Cc2ccccc2)oc1C. The highest BCUT2D eigenvalue weighted by Crippen LogP contribution is 2.20. The van der Waals surface area contributed by atoms with Crippen molar-refractivity contribution in [2.24, 2.45) is 0 Å². The average molecular weight is 261 g/mol. The Morgan fingerprint density at radius 2 is 2.00 bits per heavy atom. The van der Waals surface area contributed by atoms with E-state index in [4.69, 9.17) is 4.42 Å². The molecular weight excluding hydrogens is 246 g/mol. The summed E-state index contributed by atoms with van der Waals surface area (Å²) >= 11 is 1.36. The van der Waals surface area contributed by atoms with Crippen LogP contribution in [-0.4, -0.2) is 16.5 Å². The summed E-state index contributed by atoms with van der Waals surface area (Å²) in [6.07, 6.45) is 0.465. The van der Waals surface area contributed by atoms with Crippen molar-refractivity contribution in [3.63, 3.8) is 0 Å². The highest BCUT2D eigenvalue weighted by atomic mass is 32.2. The molecule has 0 amide bonds. The fraction of sp³-hybridized carbons (Fsp3) is 0.286. The molecule has 0 spiro atoms. The Labute approximate surface area is 111 Å². The summed E-state index contributed by atoms with van der Waals surface area (Å²) in [6.45, 7) is 3.77. The van der Waals surface area contributed by atoms with Crippen molar-refractivity contribution in [2.75, 3.05) is 5.75 Å². The lowest BCUT2D eigenvalue weighted by Gasteiger charge is -1.99. The average Bonchev–Trinajstić information content (AvgIpc) is 2.68. The summed E-state index contributed by atoms with van der Waals surface area (Å²) in [5, 5.41) is 0.575. The zero-order valence-electron chi connectivity index (χ0n) is 10.5. The van der Waals surface area contributed by atoms with Gasteiger partial charge in [-0.1, -0.05) is 42.1 Å². The lowest BCUT2D eigenvalue weighted by atomic mass is 10.1. The number of nitrogens with zero attached hydrogens (tertiary/aromatic N) is 1. The Morgan fingerprint density at radius 3 is 2.61 bits per heavy atom. The monoisotopic (exact) mass is 261 g/mol. The molecule has 0 bridgehead atoms. The molecule has 1 aromatic carbocycles. The second-order valence-corrected chi connectivity index (χ2v) is 5.04. The lowest BCUT2D eigenvalue weighted by molar-refractivity contribution is -0.116. The predicted molar refractivity (Wildman–Crippen MR) is 71.9 cm³/mol. The van der Waals surface area contributed by atoms with Crippen molar-refractivity contribution in [3.05, 3.63) is 47.3 Å². The van der Waals surface area contributed by atoms with E-state index in [1.165, 1.54) is 11.8 Å². The van der Waals surface area contributed by atoms with Gasteiger partial charge in [-0.25, -0.2) is 4.98 Å². The highest BCUT2D eigenvalue weighted by molar-refractivity contribution is 7.99. The molecule has 3 nitrogen and oxygen atoms in total. The molecule has 4 heteroatoms. The van der Waals surface area contributed by atoms with Crippen LogP contribution in [-0.2, 0) is 11.2 Å². The molecule has 0 radical (unpaired) electrons. The number of aryl methyl sites for hydroxylation is 2. The van der Waals surface area contributed by atoms with Gasteiger partial charge in [0.15, 0.2) is 0 Å². The van der Waals surface area contributed by atoms with Crippen LogP contribution in [0.1, 0.15) is 17.0 Å². The van der Waals surface area contributed by atoms with Crippen molar-refractivity contribution < 1.29 is 9.21 Å². The molecule has 0 atom stereocenters. The maximum absolute atomic E-state index is 11.8. The number of Topliss-reactive ketones (excluding diaryl/α,β-unsaturated/α-hetero) is 1. The van der Waals surface area contributed by atoms with E-state index < -0.39 is 0 Å². The number of thioether (sulfide) groups is 1. The molecule has 0 aliphatic heterocycles. The van der Waals surface area contributed by atoms with Crippen molar-refractivity contribution >= 4 is 17.5 Å². The third-order valence-electron chi connectivity index (χ3n) is 2.61. The maximum Gasteiger partial charge on any atom is 0.256 e. The van der Waals surface area contributed by atoms with Gasteiger partial charge in [0.25, 0.3) is 5.22 Å². The van der Waals surface area contributed by atoms with E-state index in [1.807, 2.05) is 44.2 Å². The molecule has 18 heavy (non-hydrogen) atoms. The highest BCUT2D eigenvalue weighted by Gasteiger charge is 2.09. The van der Waals surface area contributed by atoms with E-state index >= 15 is 0 Å². The number of hydrogen-bond donors (Lipinski definition) is 0. The molecule has 0 aliphatic carbocycles. The molecule has 1 heterocycles. The standard InChI is InChI=1S/C14H15NO2S/c1-10-11(2)17-14(15-10)18-9-13(16)8-12-6-4-3-5-7-12/h3-7H,8-9H2,1-2H3. The lowest BCUT2D eigenvalue weighted by Crippen LogP contribution is -2.05. The molecule has 1 aromatic heterocycles. The van der Waals surface area contributed by atoms with Gasteiger partial charge in [-0.3, -0.25) is 4.79 Å². The van der Waals surface area contributed by atoms with Gasteiger partial charge < -0.3 is 4.42 Å². The number of benzene rings is 1. The second kappa shape index (κ2) is 5.87. The van der Waals surface area contributed by atoms with E-state index in [0.29, 0.717) is 17.4 Å². The molecular formula is C14H15NO2S. The van der Waals surface area contributed by atoms with Gasteiger partial charge in [-0.15, -0.1) is 0 Å². The first kappa shape index (κ1) is 12.9. The van der Waals surface area contributed by atoms with Crippen LogP contribution in [0.15, 0.2) is 40.0 Å². The van der Waals surface area contributed by atoms with Crippen LogP contribution >= 0.6 is 11.8 Å². The Hall–Kier alpha value is -1.55. The van der Waals surface area contributed by atoms with Gasteiger partial charge in [0, 0.05) is 6.42 Å². The van der Waals surface area contributed by atoms with E-state index in [9.17, 15) is 4.79 Å². The zero-order chi connectivity index (χ0) is 13.0. The Bertz CT molecular complexity index is 514. The maximum atomic E-state index is 11.8. The molecule has 0 aliphatic rings. The largest absolute Gasteiger partial charge is 0.437 e. The molecule has 0 saturated heterocycles. The number of aromatic nitrogens is 1. The second-order valence-electron chi connectivity index (χ2n) is 4.11. The van der Waals surface area contributed by atoms with Crippen LogP contribution in [0.4, 0.5) is 0 Å². The topological polar surface area (TPSA) is 43.1 Å². The van der Waals surface area contributed by atoms with Gasteiger partial charge in [-0.2, -0.15) is 0 Å². The van der Waals surface area contributed by atoms with E-state index in [-0.39, 0.29) is 5.78 Å². The molecule has 0 fully saturated rings. The van der Waals surface area contributed by atoms with E-state index in [1.54, 1.807) is 0 Å². The summed E-state index contributed by atoms with van der Waals surface area (Å²) < 4.78 is 5.41. The van der Waals surface area contributed by atoms with Gasteiger partial charge in [0.1, 0.15) is 11.5 Å². The summed E-state index contributed by atoms with van der Waals surface area (Å²) in [4.78, 5) is 16.0. The number of rotatable bonds is 5. The van der Waals surface area contributed by atoms with E-state index in [0.717, 1.165) is 17.0 Å². The zero-order valence-corrected chi connectivity index (χ0v) is 11.3. The van der Waals surface area contributed by atoms with Gasteiger partial charge in [0.2, 0.25) is 0 Å². The molecule has 2 aromatic rings. The predicted octanol–water partition coefficient (Wildman–Crippen LogP) is 3.20. The molecule has 0 N–H and O–H groups in total. The number of oxazole rings is 1. The number of ketones is 1. The first-order valence-corrected chi connectivity index (χ1v) is 6.76. The third-order valence-corrected chi connectivity index (χ3v) is 3.50. The molecule has 0 saturated carbocycles. The number of carbonyl (C=O) groups excluding carboxylic acids is 1. The van der Waals surface area contributed by atoms with Gasteiger partial charge >= 0.3 is 0 Å². The van der Waals surface area contributed by atoms with Crippen LogP contribution in [0.5, 0.6) is 0 Å². The fourth-order valence-electron chi connectivity index (χ4n) is 1.52. The molecule has 2 rings (SSSR count). The van der Waals surface area contributed by atoms with Crippen molar-refractivity contribution in [3.8, 4) is 0 Å². The van der Waals surface area contributed by atoms with Crippen LogP contribution in [0, 0.1) is 13.8 Å². The van der Waals surface area contributed by atoms with E-state index in [2.05, 4.69) is 4.98 Å². The van der Waals surface area contributed by atoms with Gasteiger partial charge in [-0.05, 0) is 19.4 Å². The third kappa shape index (κ3) is 3.47. The first-order chi connectivity index (χ1) is 8.65. The molecule has 94 valence electrons. The smallest absolute Gasteiger partial charge is 0.256 e. The minimum atomic E-state index is 0.180. The Balaban J connectivity index is 1.85. The summed E-state index contributed by atoms with van der Waals surface area (Å²) in [5.41, 5.74) is 1.93. The summed E-state index contributed by atoms with van der Waals surface area (Å²) in [6, 6.07) is 9.75. The molecule has 0 unspecified atom stereocenters. The van der Waals surface area contributed by atoms with Crippen LogP contribution in [0.3, 0.4) is 0 Å². The van der Waals surface area contributed by atoms with Gasteiger partial charge in [0.05, 0.1) is 11.4 Å². The van der Waals surface area contributed by atoms with Crippen LogP contribution in [0.2, 0.25) is 0 Å². The Morgan fingerprint density at radius 1 is 1.28 bits per heavy atom. The summed E-state index contributed by atoms with van der Waals surface area (Å²) in [7, 11) is 0. The van der Waals surface area contributed by atoms with Crippen LogP contribution < -0.4 is 0 Å². The van der Waals surface area contributed by atoms with Crippen molar-refractivity contribution in [1.82, 2.24) is 4.98 Å². The summed E-state index contributed by atoms with van der Waals surface area (Å²) in [5.74, 6) is 1.39. The Kier molecular flexibility index (Phi) is 4.20. The quantitative estimate of drug-likeness (QED) is 0.775. The van der Waals surface area contributed by atoms with Crippen molar-refractivity contribution in [1.29, 1.82) is 0 Å². The minimum absolute atomic E-state index is 0.180.